The maximum absolute atomic E-state index is 11.3. The smallest absolute Gasteiger partial charge is 0.431 e. The molecule has 88 valence electrons. The van der Waals surface area contributed by atoms with Crippen molar-refractivity contribution in [1.29, 1.82) is 0 Å². The number of alkyl halides is 3. The molecule has 0 N–H and O–H groups in total. The van der Waals surface area contributed by atoms with Crippen LogP contribution in [0.25, 0.3) is 0 Å². The molecule has 0 aromatic carbocycles. The number of hydrogen-bond acceptors (Lipinski definition) is 4. The fraction of sp³-hybridized carbons (Fsp3) is 0.714. The lowest BCUT2D eigenvalue weighted by Gasteiger charge is -2.11. The predicted molar refractivity (Wildman–Crippen MR) is 42.0 cm³/mol. The Kier molecular flexibility index (Phi) is 4.89. The summed E-state index contributed by atoms with van der Waals surface area (Å²) in [6.45, 7) is 0.831. The molecular formula is C7H10F3NO4. The standard InChI is InChI=1S/C4H6F3NO.C3H4O3/c1-8(2)3(9)4(5,6)7;4-3-5-1-2-6-3/h1-2H3;1-2H2. The normalized spacial score (nSPS) is 14.6. The number of carbonyl (C=O) groups is 2. The summed E-state index contributed by atoms with van der Waals surface area (Å²) in [7, 11) is 2.10. The lowest BCUT2D eigenvalue weighted by Crippen LogP contribution is -2.35. The monoisotopic (exact) mass is 229 g/mol. The maximum atomic E-state index is 11.3. The van der Waals surface area contributed by atoms with E-state index in [1.807, 2.05) is 0 Å². The average molecular weight is 229 g/mol. The van der Waals surface area contributed by atoms with Crippen molar-refractivity contribution in [3.63, 3.8) is 0 Å². The number of hydrogen-bond donors (Lipinski definition) is 0. The van der Waals surface area contributed by atoms with Gasteiger partial charge in [-0.15, -0.1) is 0 Å². The Morgan fingerprint density at radius 3 is 1.73 bits per heavy atom. The molecule has 1 fully saturated rings. The molecule has 0 saturated carbocycles. The van der Waals surface area contributed by atoms with Crippen molar-refractivity contribution < 1.29 is 32.2 Å². The van der Waals surface area contributed by atoms with Crippen LogP contribution in [0.5, 0.6) is 0 Å². The minimum atomic E-state index is -4.73. The van der Waals surface area contributed by atoms with Crippen molar-refractivity contribution in [3.8, 4) is 0 Å². The molecule has 0 aromatic rings. The molecule has 15 heavy (non-hydrogen) atoms. The Morgan fingerprint density at radius 1 is 1.27 bits per heavy atom. The summed E-state index contributed by atoms with van der Waals surface area (Å²) in [5.41, 5.74) is 0. The first-order valence-corrected chi connectivity index (χ1v) is 3.83. The fourth-order valence-electron chi connectivity index (χ4n) is 0.545. The molecule has 0 aliphatic carbocycles. The molecule has 1 heterocycles. The number of rotatable bonds is 0. The van der Waals surface area contributed by atoms with Crippen LogP contribution in [0, 0.1) is 0 Å². The van der Waals surface area contributed by atoms with Crippen molar-refractivity contribution in [3.05, 3.63) is 0 Å². The second-order valence-electron chi connectivity index (χ2n) is 2.64. The average Bonchev–Trinajstić information content (AvgIpc) is 2.54. The van der Waals surface area contributed by atoms with Gasteiger partial charge in [0.2, 0.25) is 0 Å². The Labute approximate surface area is 83.7 Å². The highest BCUT2D eigenvalue weighted by Gasteiger charge is 2.39. The van der Waals surface area contributed by atoms with Gasteiger partial charge >= 0.3 is 18.2 Å². The van der Waals surface area contributed by atoms with Gasteiger partial charge in [-0.2, -0.15) is 13.2 Å². The third-order valence-corrected chi connectivity index (χ3v) is 1.17. The molecule has 1 aliphatic rings. The Balaban J connectivity index is 0.000000280. The van der Waals surface area contributed by atoms with Crippen LogP contribution in [0.15, 0.2) is 0 Å². The van der Waals surface area contributed by atoms with Crippen molar-refractivity contribution >= 4 is 12.1 Å². The predicted octanol–water partition coefficient (Wildman–Crippen LogP) is 0.790. The summed E-state index contributed by atoms with van der Waals surface area (Å²) >= 11 is 0. The zero-order chi connectivity index (χ0) is 12.1. The van der Waals surface area contributed by atoms with Crippen molar-refractivity contribution in [1.82, 2.24) is 4.90 Å². The zero-order valence-electron chi connectivity index (χ0n) is 8.13. The summed E-state index contributed by atoms with van der Waals surface area (Å²) in [5.74, 6) is -1.83. The second-order valence-corrected chi connectivity index (χ2v) is 2.64. The van der Waals surface area contributed by atoms with Crippen LogP contribution in [0.3, 0.4) is 0 Å². The Hall–Kier alpha value is -1.47. The van der Waals surface area contributed by atoms with E-state index in [1.54, 1.807) is 0 Å². The van der Waals surface area contributed by atoms with E-state index in [1.165, 1.54) is 0 Å². The summed E-state index contributed by atoms with van der Waals surface area (Å²) in [5, 5.41) is 0. The van der Waals surface area contributed by atoms with Gasteiger partial charge in [0, 0.05) is 14.1 Å². The number of ether oxygens (including phenoxy) is 2. The largest absolute Gasteiger partial charge is 0.508 e. The van der Waals surface area contributed by atoms with Crippen molar-refractivity contribution in [2.24, 2.45) is 0 Å². The minimum absolute atomic E-state index is 0.416. The fourth-order valence-corrected chi connectivity index (χ4v) is 0.545. The summed E-state index contributed by atoms with van der Waals surface area (Å²) in [4.78, 5) is 20.2. The van der Waals surface area contributed by atoms with E-state index < -0.39 is 18.2 Å². The molecule has 1 saturated heterocycles. The lowest BCUT2D eigenvalue weighted by molar-refractivity contribution is -0.182. The molecule has 0 aromatic heterocycles. The summed E-state index contributed by atoms with van der Waals surface area (Å²) < 4.78 is 42.5. The van der Waals surface area contributed by atoms with Crippen LogP contribution in [0.4, 0.5) is 18.0 Å². The van der Waals surface area contributed by atoms with Gasteiger partial charge in [0.05, 0.1) is 0 Å². The number of nitrogens with zero attached hydrogens (tertiary/aromatic N) is 1. The van der Waals surface area contributed by atoms with Crippen LogP contribution < -0.4 is 0 Å². The topological polar surface area (TPSA) is 55.8 Å². The van der Waals surface area contributed by atoms with E-state index in [-0.39, 0.29) is 0 Å². The molecule has 0 spiro atoms. The first-order valence-electron chi connectivity index (χ1n) is 3.83. The van der Waals surface area contributed by atoms with Gasteiger partial charge < -0.3 is 14.4 Å². The molecular weight excluding hydrogens is 219 g/mol. The van der Waals surface area contributed by atoms with Gasteiger partial charge in [0.1, 0.15) is 13.2 Å². The zero-order valence-corrected chi connectivity index (χ0v) is 8.13. The van der Waals surface area contributed by atoms with Gasteiger partial charge in [-0.1, -0.05) is 0 Å². The third kappa shape index (κ3) is 5.76. The molecule has 0 radical (unpaired) electrons. The van der Waals surface area contributed by atoms with Crippen LogP contribution in [-0.4, -0.2) is 50.4 Å². The lowest BCUT2D eigenvalue weighted by atomic mass is 10.5. The summed E-state index contributed by atoms with van der Waals surface area (Å²) in [6, 6.07) is 0. The van der Waals surface area contributed by atoms with E-state index in [2.05, 4.69) is 9.47 Å². The molecule has 1 aliphatic heterocycles. The van der Waals surface area contributed by atoms with E-state index in [0.717, 1.165) is 14.1 Å². The van der Waals surface area contributed by atoms with Gasteiger partial charge in [-0.05, 0) is 0 Å². The van der Waals surface area contributed by atoms with Gasteiger partial charge in [0.15, 0.2) is 0 Å². The quantitative estimate of drug-likeness (QED) is 0.576. The van der Waals surface area contributed by atoms with Gasteiger partial charge in [-0.3, -0.25) is 4.79 Å². The minimum Gasteiger partial charge on any atom is -0.431 e. The van der Waals surface area contributed by atoms with Crippen LogP contribution in [0.1, 0.15) is 0 Å². The number of cyclic esters (lactones) is 2. The van der Waals surface area contributed by atoms with Crippen LogP contribution in [0.2, 0.25) is 0 Å². The van der Waals surface area contributed by atoms with E-state index >= 15 is 0 Å². The molecule has 8 heteroatoms. The number of halogens is 3. The second kappa shape index (κ2) is 5.42. The van der Waals surface area contributed by atoms with E-state index in [9.17, 15) is 22.8 Å². The van der Waals surface area contributed by atoms with Crippen molar-refractivity contribution in [2.75, 3.05) is 27.3 Å². The van der Waals surface area contributed by atoms with Crippen molar-refractivity contribution in [2.45, 2.75) is 6.18 Å². The highest BCUT2D eigenvalue weighted by molar-refractivity contribution is 5.81. The van der Waals surface area contributed by atoms with Gasteiger partial charge in [-0.25, -0.2) is 4.79 Å². The van der Waals surface area contributed by atoms with E-state index in [4.69, 9.17) is 0 Å². The van der Waals surface area contributed by atoms with E-state index in [0.29, 0.717) is 18.1 Å². The van der Waals surface area contributed by atoms with Gasteiger partial charge in [0.25, 0.3) is 0 Å². The van der Waals surface area contributed by atoms with Crippen LogP contribution >= 0.6 is 0 Å². The Bertz CT molecular complexity index is 231. The summed E-state index contributed by atoms with van der Waals surface area (Å²) in [6.07, 6.45) is -5.28. The number of carbonyl (C=O) groups excluding carboxylic acids is 2. The Morgan fingerprint density at radius 2 is 1.67 bits per heavy atom. The molecule has 0 bridgehead atoms. The highest BCUT2D eigenvalue weighted by Crippen LogP contribution is 2.16. The first kappa shape index (κ1) is 13.5. The number of amides is 1. The highest BCUT2D eigenvalue weighted by atomic mass is 19.4. The molecule has 5 nitrogen and oxygen atoms in total. The molecule has 0 unspecified atom stereocenters. The third-order valence-electron chi connectivity index (χ3n) is 1.17. The molecule has 1 rings (SSSR count). The van der Waals surface area contributed by atoms with Crippen LogP contribution in [-0.2, 0) is 14.3 Å². The first-order chi connectivity index (χ1) is 6.75. The molecule has 0 atom stereocenters. The molecule has 1 amide bonds. The SMILES string of the molecule is CN(C)C(=O)C(F)(F)F.O=C1OCCO1. The maximum Gasteiger partial charge on any atom is 0.508 e.